The monoisotopic (exact) mass is 258 g/mol. The zero-order valence-corrected chi connectivity index (χ0v) is 10.7. The first-order chi connectivity index (χ1) is 8.13. The van der Waals surface area contributed by atoms with Crippen LogP contribution in [0.3, 0.4) is 0 Å². The molecule has 0 spiro atoms. The van der Waals surface area contributed by atoms with Gasteiger partial charge in [-0.15, -0.1) is 0 Å². The van der Waals surface area contributed by atoms with E-state index in [1.165, 1.54) is 0 Å². The van der Waals surface area contributed by atoms with Gasteiger partial charge in [0.2, 0.25) is 0 Å². The molecule has 94 valence electrons. The second-order valence-electron chi connectivity index (χ2n) is 3.90. The first-order valence-corrected chi connectivity index (χ1v) is 6.53. The zero-order chi connectivity index (χ0) is 12.5. The van der Waals surface area contributed by atoms with Crippen LogP contribution in [0.4, 0.5) is 0 Å². The molecule has 6 heteroatoms. The van der Waals surface area contributed by atoms with Crippen LogP contribution in [0.25, 0.3) is 0 Å². The molecule has 0 aromatic heterocycles. The Morgan fingerprint density at radius 1 is 1.24 bits per heavy atom. The third kappa shape index (κ3) is 2.32. The molecule has 0 radical (unpaired) electrons. The smallest absolute Gasteiger partial charge is 0.317 e. The predicted octanol–water partition coefficient (Wildman–Crippen LogP) is 2.09. The van der Waals surface area contributed by atoms with E-state index in [-0.39, 0.29) is 0 Å². The van der Waals surface area contributed by atoms with Crippen molar-refractivity contribution in [2.45, 2.75) is 18.4 Å². The highest BCUT2D eigenvalue weighted by Crippen LogP contribution is 2.58. The summed E-state index contributed by atoms with van der Waals surface area (Å²) in [6.45, 7) is 0. The van der Waals surface area contributed by atoms with E-state index in [0.717, 1.165) is 5.56 Å². The molecule has 1 aliphatic carbocycles. The lowest BCUT2D eigenvalue weighted by atomic mass is 10.1. The van der Waals surface area contributed by atoms with E-state index >= 15 is 0 Å². The van der Waals surface area contributed by atoms with E-state index < -0.39 is 13.9 Å². The van der Waals surface area contributed by atoms with Crippen LogP contribution < -0.4 is 9.47 Å². The van der Waals surface area contributed by atoms with Gasteiger partial charge in [-0.3, -0.25) is 9.09 Å². The van der Waals surface area contributed by atoms with Crippen LogP contribution in [0.2, 0.25) is 0 Å². The summed E-state index contributed by atoms with van der Waals surface area (Å²) >= 11 is 0. The van der Waals surface area contributed by atoms with Gasteiger partial charge in [-0.2, -0.15) is 0 Å². The van der Waals surface area contributed by atoms with Gasteiger partial charge >= 0.3 is 8.25 Å². The molecule has 2 rings (SSSR count). The summed E-state index contributed by atoms with van der Waals surface area (Å²) in [5.74, 6) is 1.23. The zero-order valence-electron chi connectivity index (χ0n) is 9.73. The third-order valence-corrected chi connectivity index (χ3v) is 3.44. The van der Waals surface area contributed by atoms with Crippen molar-refractivity contribution in [3.8, 4) is 11.5 Å². The van der Waals surface area contributed by atoms with E-state index in [1.807, 2.05) is 0 Å². The SMILES string of the molecule is COc1cccc(OC)c1C1(O[PH](=O)O)CC1. The lowest BCUT2D eigenvalue weighted by Gasteiger charge is -2.20. The van der Waals surface area contributed by atoms with Crippen molar-refractivity contribution in [2.75, 3.05) is 14.2 Å². The van der Waals surface area contributed by atoms with E-state index in [2.05, 4.69) is 0 Å². The molecule has 1 atom stereocenters. The van der Waals surface area contributed by atoms with E-state index in [4.69, 9.17) is 18.9 Å². The Balaban J connectivity index is 2.46. The first-order valence-electron chi connectivity index (χ1n) is 5.26. The Morgan fingerprint density at radius 2 is 1.76 bits per heavy atom. The molecule has 1 aromatic rings. The standard InChI is InChI=1S/C11H15O5P/c1-14-8-4-3-5-9(15-2)10(8)11(6-7-11)16-17(12)13/h3-5,17H,6-7H2,1-2H3,(H,12,13). The second kappa shape index (κ2) is 4.69. The minimum Gasteiger partial charge on any atom is -0.496 e. The number of benzene rings is 1. The van der Waals surface area contributed by atoms with Crippen molar-refractivity contribution in [3.05, 3.63) is 23.8 Å². The summed E-state index contributed by atoms with van der Waals surface area (Å²) < 4.78 is 26.6. The predicted molar refractivity (Wildman–Crippen MR) is 62.8 cm³/mol. The van der Waals surface area contributed by atoms with Gasteiger partial charge in [0.1, 0.15) is 17.1 Å². The fourth-order valence-corrected chi connectivity index (χ4v) is 2.62. The Bertz CT molecular complexity index is 419. The molecule has 0 saturated heterocycles. The number of hydrogen-bond donors (Lipinski definition) is 1. The van der Waals surface area contributed by atoms with Crippen molar-refractivity contribution in [3.63, 3.8) is 0 Å². The van der Waals surface area contributed by atoms with Gasteiger partial charge in [-0.25, -0.2) is 0 Å². The van der Waals surface area contributed by atoms with Gasteiger partial charge in [0.05, 0.1) is 19.8 Å². The van der Waals surface area contributed by atoms with Crippen LogP contribution in [0.1, 0.15) is 18.4 Å². The summed E-state index contributed by atoms with van der Waals surface area (Å²) in [5.41, 5.74) is 0.000314. The highest BCUT2D eigenvalue weighted by Gasteiger charge is 2.51. The molecule has 0 aliphatic heterocycles. The van der Waals surface area contributed by atoms with E-state index in [1.54, 1.807) is 32.4 Å². The Hall–Kier alpha value is -1.03. The summed E-state index contributed by atoms with van der Waals surface area (Å²) in [6, 6.07) is 5.38. The van der Waals surface area contributed by atoms with Crippen LogP contribution in [0.5, 0.6) is 11.5 Å². The molecule has 1 N–H and O–H groups in total. The van der Waals surface area contributed by atoms with Crippen LogP contribution in [-0.2, 0) is 14.7 Å². The van der Waals surface area contributed by atoms with Gasteiger partial charge in [-0.05, 0) is 25.0 Å². The lowest BCUT2D eigenvalue weighted by molar-refractivity contribution is 0.161. The van der Waals surface area contributed by atoms with E-state index in [0.29, 0.717) is 24.3 Å². The largest absolute Gasteiger partial charge is 0.496 e. The Kier molecular flexibility index (Phi) is 3.43. The molecule has 1 aromatic carbocycles. The number of hydrogen-bond acceptors (Lipinski definition) is 4. The maximum absolute atomic E-state index is 10.9. The summed E-state index contributed by atoms with van der Waals surface area (Å²) in [4.78, 5) is 8.96. The molecule has 5 nitrogen and oxygen atoms in total. The van der Waals surface area contributed by atoms with Crippen molar-refractivity contribution in [2.24, 2.45) is 0 Å². The molecular weight excluding hydrogens is 243 g/mol. The van der Waals surface area contributed by atoms with Gasteiger partial charge in [-0.1, -0.05) is 6.07 Å². The topological polar surface area (TPSA) is 65.0 Å². The fourth-order valence-electron chi connectivity index (χ4n) is 1.98. The second-order valence-corrected chi connectivity index (χ2v) is 4.64. The molecule has 0 amide bonds. The molecule has 0 heterocycles. The maximum atomic E-state index is 10.9. The van der Waals surface area contributed by atoms with Gasteiger partial charge in [0, 0.05) is 0 Å². The van der Waals surface area contributed by atoms with Crippen LogP contribution in [0, 0.1) is 0 Å². The average Bonchev–Trinajstić information content (AvgIpc) is 3.07. The molecule has 17 heavy (non-hydrogen) atoms. The molecule has 1 saturated carbocycles. The number of rotatable bonds is 5. The van der Waals surface area contributed by atoms with Crippen molar-refractivity contribution < 1.29 is 23.5 Å². The minimum absolute atomic E-state index is 0.616. The van der Waals surface area contributed by atoms with Crippen molar-refractivity contribution in [1.29, 1.82) is 0 Å². The van der Waals surface area contributed by atoms with Gasteiger partial charge in [0.25, 0.3) is 0 Å². The summed E-state index contributed by atoms with van der Waals surface area (Å²) in [5, 5.41) is 0. The summed E-state index contributed by atoms with van der Waals surface area (Å²) in [6.07, 6.45) is 1.39. The highest BCUT2D eigenvalue weighted by molar-refractivity contribution is 7.32. The van der Waals surface area contributed by atoms with Crippen LogP contribution >= 0.6 is 8.25 Å². The minimum atomic E-state index is -2.99. The maximum Gasteiger partial charge on any atom is 0.317 e. The normalized spacial score (nSPS) is 18.5. The average molecular weight is 258 g/mol. The number of methoxy groups -OCH3 is 2. The molecular formula is C11H15O5P. The Morgan fingerprint density at radius 3 is 2.12 bits per heavy atom. The molecule has 1 aliphatic rings. The molecule has 0 bridgehead atoms. The quantitative estimate of drug-likeness (QED) is 0.819. The van der Waals surface area contributed by atoms with Crippen molar-refractivity contribution >= 4 is 8.25 Å². The lowest BCUT2D eigenvalue weighted by Crippen LogP contribution is -2.11. The van der Waals surface area contributed by atoms with Gasteiger partial charge in [0.15, 0.2) is 0 Å². The van der Waals surface area contributed by atoms with E-state index in [9.17, 15) is 4.57 Å². The Labute approximate surface area is 100 Å². The van der Waals surface area contributed by atoms with Crippen LogP contribution in [-0.4, -0.2) is 19.1 Å². The van der Waals surface area contributed by atoms with Gasteiger partial charge < -0.3 is 14.4 Å². The first kappa shape index (κ1) is 12.4. The van der Waals surface area contributed by atoms with Crippen LogP contribution in [0.15, 0.2) is 18.2 Å². The number of ether oxygens (including phenoxy) is 2. The fraction of sp³-hybridized carbons (Fsp3) is 0.455. The van der Waals surface area contributed by atoms with Crippen molar-refractivity contribution in [1.82, 2.24) is 0 Å². The summed E-state index contributed by atoms with van der Waals surface area (Å²) in [7, 11) is 0.117. The molecule has 1 fully saturated rings. The third-order valence-electron chi connectivity index (χ3n) is 2.87. The molecule has 1 unspecified atom stereocenters. The highest BCUT2D eigenvalue weighted by atomic mass is 31.1.